The van der Waals surface area contributed by atoms with Crippen molar-refractivity contribution in [2.24, 2.45) is 0 Å². The third kappa shape index (κ3) is 1.20. The van der Waals surface area contributed by atoms with Gasteiger partial charge in [-0.3, -0.25) is 0 Å². The van der Waals surface area contributed by atoms with E-state index in [1.54, 1.807) is 13.3 Å². The molecule has 0 amide bonds. The van der Waals surface area contributed by atoms with Crippen molar-refractivity contribution in [3.8, 4) is 0 Å². The zero-order valence-corrected chi connectivity index (χ0v) is 5.13. The van der Waals surface area contributed by atoms with Crippen molar-refractivity contribution in [3.63, 3.8) is 0 Å². The number of rotatable bonds is 2. The summed E-state index contributed by atoms with van der Waals surface area (Å²) in [4.78, 5) is 0. The summed E-state index contributed by atoms with van der Waals surface area (Å²) in [5.41, 5.74) is 6.11. The summed E-state index contributed by atoms with van der Waals surface area (Å²) in [5.74, 6) is 0.330. The van der Waals surface area contributed by atoms with Crippen LogP contribution in [0.2, 0.25) is 0 Å². The van der Waals surface area contributed by atoms with Gasteiger partial charge in [0.2, 0.25) is 5.88 Å². The van der Waals surface area contributed by atoms with Crippen LogP contribution in [0.25, 0.3) is 0 Å². The fourth-order valence-electron chi connectivity index (χ4n) is 0.533. The first-order chi connectivity index (χ1) is 4.34. The molecule has 4 heteroatoms. The molecular weight excluding hydrogens is 120 g/mol. The average Bonchev–Trinajstić information content (AvgIpc) is 2.18. The quantitative estimate of drug-likeness (QED) is 0.626. The van der Waals surface area contributed by atoms with Gasteiger partial charge in [-0.1, -0.05) is 5.16 Å². The fraction of sp³-hybridized carbons (Fsp3) is 0.400. The summed E-state index contributed by atoms with van der Waals surface area (Å²) in [6, 6.07) is 0. The number of aromatic nitrogens is 1. The van der Waals surface area contributed by atoms with E-state index < -0.39 is 0 Å². The zero-order chi connectivity index (χ0) is 6.69. The van der Waals surface area contributed by atoms with E-state index in [1.165, 1.54) is 0 Å². The first-order valence-electron chi connectivity index (χ1n) is 2.52. The zero-order valence-electron chi connectivity index (χ0n) is 5.13. The molecule has 1 aromatic heterocycles. The molecule has 0 aromatic carbocycles. The van der Waals surface area contributed by atoms with Crippen LogP contribution in [0.15, 0.2) is 10.7 Å². The molecule has 4 nitrogen and oxygen atoms in total. The first-order valence-corrected chi connectivity index (χ1v) is 2.52. The SMILES string of the molecule is COCc1cnoc1N. The lowest BCUT2D eigenvalue weighted by Gasteiger charge is -1.91. The van der Waals surface area contributed by atoms with Crippen LogP contribution < -0.4 is 5.73 Å². The molecule has 0 atom stereocenters. The van der Waals surface area contributed by atoms with E-state index in [1.807, 2.05) is 0 Å². The van der Waals surface area contributed by atoms with Crippen molar-refractivity contribution in [1.29, 1.82) is 0 Å². The smallest absolute Gasteiger partial charge is 0.227 e. The molecule has 1 rings (SSSR count). The summed E-state index contributed by atoms with van der Waals surface area (Å²) in [5, 5.41) is 3.46. The third-order valence-corrected chi connectivity index (χ3v) is 0.976. The number of methoxy groups -OCH3 is 1. The maximum Gasteiger partial charge on any atom is 0.227 e. The lowest BCUT2D eigenvalue weighted by molar-refractivity contribution is 0.185. The number of anilines is 1. The van der Waals surface area contributed by atoms with Crippen LogP contribution in [0.5, 0.6) is 0 Å². The summed E-state index contributed by atoms with van der Waals surface area (Å²) >= 11 is 0. The van der Waals surface area contributed by atoms with Crippen molar-refractivity contribution in [2.75, 3.05) is 12.8 Å². The molecule has 0 aliphatic heterocycles. The predicted molar refractivity (Wildman–Crippen MR) is 31.6 cm³/mol. The Labute approximate surface area is 52.6 Å². The Bertz CT molecular complexity index is 185. The van der Waals surface area contributed by atoms with Crippen LogP contribution >= 0.6 is 0 Å². The van der Waals surface area contributed by atoms with Crippen molar-refractivity contribution in [3.05, 3.63) is 11.8 Å². The number of nitrogens with two attached hydrogens (primary N) is 1. The Morgan fingerprint density at radius 3 is 3.11 bits per heavy atom. The van der Waals surface area contributed by atoms with Crippen molar-refractivity contribution < 1.29 is 9.26 Å². The summed E-state index contributed by atoms with van der Waals surface area (Å²) < 4.78 is 9.35. The van der Waals surface area contributed by atoms with Gasteiger partial charge in [0.1, 0.15) is 0 Å². The normalized spacial score (nSPS) is 9.89. The van der Waals surface area contributed by atoms with Gasteiger partial charge in [-0.25, -0.2) is 0 Å². The van der Waals surface area contributed by atoms with Gasteiger partial charge in [-0.15, -0.1) is 0 Å². The molecule has 0 aliphatic carbocycles. The van der Waals surface area contributed by atoms with Crippen LogP contribution in [-0.2, 0) is 11.3 Å². The minimum Gasteiger partial charge on any atom is -0.380 e. The molecule has 1 heterocycles. The lowest BCUT2D eigenvalue weighted by atomic mass is 10.4. The molecule has 0 unspecified atom stereocenters. The molecule has 0 spiro atoms. The number of nitrogens with zero attached hydrogens (tertiary/aromatic N) is 1. The molecule has 50 valence electrons. The lowest BCUT2D eigenvalue weighted by Crippen LogP contribution is -1.90. The van der Waals surface area contributed by atoms with E-state index >= 15 is 0 Å². The fourth-order valence-corrected chi connectivity index (χ4v) is 0.533. The van der Waals surface area contributed by atoms with Gasteiger partial charge in [0.25, 0.3) is 0 Å². The highest BCUT2D eigenvalue weighted by atomic mass is 16.5. The number of ether oxygens (including phenoxy) is 1. The van der Waals surface area contributed by atoms with Gasteiger partial charge in [-0.2, -0.15) is 0 Å². The molecule has 2 N–H and O–H groups in total. The molecule has 0 saturated carbocycles. The molecule has 0 saturated heterocycles. The van der Waals surface area contributed by atoms with Crippen molar-refractivity contribution in [2.45, 2.75) is 6.61 Å². The molecule has 0 aliphatic rings. The van der Waals surface area contributed by atoms with Crippen LogP contribution in [-0.4, -0.2) is 12.3 Å². The molecule has 0 bridgehead atoms. The maximum atomic E-state index is 5.32. The topological polar surface area (TPSA) is 61.3 Å². The monoisotopic (exact) mass is 128 g/mol. The van der Waals surface area contributed by atoms with Crippen molar-refractivity contribution in [1.82, 2.24) is 5.16 Å². The molecular formula is C5H8N2O2. The second kappa shape index (κ2) is 2.50. The second-order valence-corrected chi connectivity index (χ2v) is 1.65. The van der Waals surface area contributed by atoms with Gasteiger partial charge in [0, 0.05) is 7.11 Å². The van der Waals surface area contributed by atoms with Gasteiger partial charge in [0.05, 0.1) is 18.4 Å². The Morgan fingerprint density at radius 2 is 2.67 bits per heavy atom. The summed E-state index contributed by atoms with van der Waals surface area (Å²) in [6.45, 7) is 0.454. The van der Waals surface area contributed by atoms with Gasteiger partial charge in [0.15, 0.2) is 0 Å². The van der Waals surface area contributed by atoms with E-state index in [9.17, 15) is 0 Å². The highest BCUT2D eigenvalue weighted by molar-refractivity contribution is 5.32. The third-order valence-electron chi connectivity index (χ3n) is 0.976. The number of nitrogen functional groups attached to an aromatic ring is 1. The first kappa shape index (κ1) is 6.10. The van der Waals surface area contributed by atoms with Crippen LogP contribution in [0.1, 0.15) is 5.56 Å². The highest BCUT2D eigenvalue weighted by Crippen LogP contribution is 2.09. The minimum atomic E-state index is 0.330. The van der Waals surface area contributed by atoms with E-state index in [0.717, 1.165) is 5.56 Å². The van der Waals surface area contributed by atoms with Gasteiger partial charge in [-0.05, 0) is 0 Å². The Morgan fingerprint density at radius 1 is 1.89 bits per heavy atom. The number of hydrogen-bond acceptors (Lipinski definition) is 4. The largest absolute Gasteiger partial charge is 0.380 e. The van der Waals surface area contributed by atoms with E-state index in [-0.39, 0.29) is 0 Å². The van der Waals surface area contributed by atoms with E-state index in [4.69, 9.17) is 10.5 Å². The Hall–Kier alpha value is -1.03. The maximum absolute atomic E-state index is 5.32. The van der Waals surface area contributed by atoms with E-state index in [0.29, 0.717) is 12.5 Å². The average molecular weight is 128 g/mol. The van der Waals surface area contributed by atoms with Crippen LogP contribution in [0, 0.1) is 0 Å². The molecule has 1 aromatic rings. The summed E-state index contributed by atoms with van der Waals surface area (Å²) in [7, 11) is 1.59. The molecule has 0 radical (unpaired) electrons. The molecule has 0 fully saturated rings. The van der Waals surface area contributed by atoms with Gasteiger partial charge >= 0.3 is 0 Å². The Kier molecular flexibility index (Phi) is 1.69. The number of hydrogen-bond donors (Lipinski definition) is 1. The van der Waals surface area contributed by atoms with Crippen LogP contribution in [0.4, 0.5) is 5.88 Å². The van der Waals surface area contributed by atoms with Gasteiger partial charge < -0.3 is 15.0 Å². The van der Waals surface area contributed by atoms with Crippen LogP contribution in [0.3, 0.4) is 0 Å². The Balaban J connectivity index is 2.69. The van der Waals surface area contributed by atoms with E-state index in [2.05, 4.69) is 9.68 Å². The molecule has 9 heavy (non-hydrogen) atoms. The summed E-state index contributed by atoms with van der Waals surface area (Å²) in [6.07, 6.45) is 1.54. The minimum absolute atomic E-state index is 0.330. The predicted octanol–water partition coefficient (Wildman–Crippen LogP) is 0.403. The standard InChI is InChI=1S/C5H8N2O2/c1-8-3-4-2-7-9-5(4)6/h2H,3,6H2,1H3. The van der Waals surface area contributed by atoms with Crippen molar-refractivity contribution >= 4 is 5.88 Å². The highest BCUT2D eigenvalue weighted by Gasteiger charge is 2.00. The second-order valence-electron chi connectivity index (χ2n) is 1.65.